The van der Waals surface area contributed by atoms with Crippen LogP contribution in [-0.2, 0) is 6.54 Å². The first kappa shape index (κ1) is 21.2. The van der Waals surface area contributed by atoms with Crippen LogP contribution in [0.1, 0.15) is 39.3 Å². The zero-order valence-corrected chi connectivity index (χ0v) is 17.5. The van der Waals surface area contributed by atoms with E-state index in [4.69, 9.17) is 0 Å². The summed E-state index contributed by atoms with van der Waals surface area (Å²) in [5, 5.41) is 6.85. The fourth-order valence-electron chi connectivity index (χ4n) is 3.05. The molecule has 1 fully saturated rings. The molecule has 0 saturated carbocycles. The molecule has 0 radical (unpaired) electrons. The summed E-state index contributed by atoms with van der Waals surface area (Å²) in [6.45, 7) is 11.6. The molecule has 0 bridgehead atoms. The number of likely N-dealkylation sites (tertiary alicyclic amines) is 1. The largest absolute Gasteiger partial charge is 0.357 e. The van der Waals surface area contributed by atoms with Gasteiger partial charge in [0.25, 0.3) is 0 Å². The molecule has 1 aromatic heterocycles. The minimum atomic E-state index is 0. The molecule has 1 aromatic rings. The van der Waals surface area contributed by atoms with Crippen molar-refractivity contribution in [1.29, 1.82) is 0 Å². The van der Waals surface area contributed by atoms with Gasteiger partial charge in [-0.15, -0.1) is 24.0 Å². The maximum Gasteiger partial charge on any atom is 0.191 e. The van der Waals surface area contributed by atoms with E-state index in [1.54, 1.807) is 0 Å². The summed E-state index contributed by atoms with van der Waals surface area (Å²) in [6.07, 6.45) is 4.47. The number of halogens is 1. The Morgan fingerprint density at radius 3 is 2.58 bits per heavy atom. The van der Waals surface area contributed by atoms with Crippen molar-refractivity contribution in [3.63, 3.8) is 0 Å². The van der Waals surface area contributed by atoms with Crippen molar-refractivity contribution in [3.05, 3.63) is 30.1 Å². The van der Waals surface area contributed by atoms with Gasteiger partial charge in [-0.05, 0) is 50.9 Å². The number of nitrogens with zero attached hydrogens (tertiary/aromatic N) is 3. The summed E-state index contributed by atoms with van der Waals surface area (Å²) < 4.78 is 0. The summed E-state index contributed by atoms with van der Waals surface area (Å²) in [4.78, 5) is 11.6. The second kappa shape index (κ2) is 11.6. The Morgan fingerprint density at radius 1 is 1.25 bits per heavy atom. The molecule has 0 amide bonds. The van der Waals surface area contributed by atoms with Gasteiger partial charge in [-0.2, -0.15) is 0 Å². The maximum absolute atomic E-state index is 4.66. The van der Waals surface area contributed by atoms with Crippen molar-refractivity contribution >= 4 is 29.9 Å². The molecule has 24 heavy (non-hydrogen) atoms. The van der Waals surface area contributed by atoms with Crippen LogP contribution in [0.15, 0.2) is 29.4 Å². The van der Waals surface area contributed by atoms with Gasteiger partial charge in [0, 0.05) is 25.3 Å². The van der Waals surface area contributed by atoms with E-state index in [1.165, 1.54) is 25.9 Å². The van der Waals surface area contributed by atoms with Gasteiger partial charge in [0.05, 0.1) is 12.2 Å². The van der Waals surface area contributed by atoms with Crippen molar-refractivity contribution in [2.45, 2.75) is 46.2 Å². The molecule has 1 unspecified atom stereocenters. The topological polar surface area (TPSA) is 52.6 Å². The fourth-order valence-corrected chi connectivity index (χ4v) is 3.05. The Morgan fingerprint density at radius 2 is 2.00 bits per heavy atom. The van der Waals surface area contributed by atoms with Crippen LogP contribution in [0, 0.1) is 5.92 Å². The highest BCUT2D eigenvalue weighted by Crippen LogP contribution is 2.17. The molecule has 2 N–H and O–H groups in total. The molecule has 1 atom stereocenters. The van der Waals surface area contributed by atoms with Gasteiger partial charge in [-0.25, -0.2) is 4.99 Å². The van der Waals surface area contributed by atoms with E-state index in [-0.39, 0.29) is 24.0 Å². The molecule has 1 aliphatic heterocycles. The van der Waals surface area contributed by atoms with Crippen LogP contribution >= 0.6 is 24.0 Å². The third kappa shape index (κ3) is 6.93. The van der Waals surface area contributed by atoms with E-state index < -0.39 is 0 Å². The lowest BCUT2D eigenvalue weighted by molar-refractivity contribution is 0.192. The Labute approximate surface area is 163 Å². The molecule has 1 aliphatic rings. The Hall–Kier alpha value is -0.890. The number of aliphatic imine (C=N–C) groups is 1. The molecular weight excluding hydrogens is 413 g/mol. The molecule has 5 nitrogen and oxygen atoms in total. The van der Waals surface area contributed by atoms with E-state index in [2.05, 4.69) is 46.3 Å². The number of hydrogen-bond acceptors (Lipinski definition) is 3. The van der Waals surface area contributed by atoms with E-state index >= 15 is 0 Å². The first-order valence-electron chi connectivity index (χ1n) is 8.87. The summed E-state index contributed by atoms with van der Waals surface area (Å²) in [5.41, 5.74) is 0.990. The van der Waals surface area contributed by atoms with Crippen molar-refractivity contribution < 1.29 is 0 Å². The molecule has 2 rings (SSSR count). The highest BCUT2D eigenvalue weighted by Gasteiger charge is 2.24. The normalized spacial score (nSPS) is 16.8. The van der Waals surface area contributed by atoms with Crippen LogP contribution in [0.25, 0.3) is 0 Å². The summed E-state index contributed by atoms with van der Waals surface area (Å²) in [5.74, 6) is 1.52. The van der Waals surface area contributed by atoms with E-state index in [0.717, 1.165) is 24.7 Å². The van der Waals surface area contributed by atoms with E-state index in [9.17, 15) is 0 Å². The van der Waals surface area contributed by atoms with Crippen LogP contribution in [0.5, 0.6) is 0 Å². The van der Waals surface area contributed by atoms with Crippen molar-refractivity contribution in [2.24, 2.45) is 10.9 Å². The van der Waals surface area contributed by atoms with Gasteiger partial charge in [-0.3, -0.25) is 9.88 Å². The average Bonchev–Trinajstić information content (AvgIpc) is 3.07. The number of rotatable bonds is 7. The fraction of sp³-hybridized carbons (Fsp3) is 0.667. The van der Waals surface area contributed by atoms with Gasteiger partial charge >= 0.3 is 0 Å². The maximum atomic E-state index is 4.66. The molecule has 0 spiro atoms. The molecule has 0 aromatic carbocycles. The summed E-state index contributed by atoms with van der Waals surface area (Å²) in [7, 11) is 0. The average molecular weight is 445 g/mol. The predicted octanol–water partition coefficient (Wildman–Crippen LogP) is 2.88. The predicted molar refractivity (Wildman–Crippen MR) is 112 cm³/mol. The lowest BCUT2D eigenvalue weighted by Crippen LogP contribution is -2.48. The zero-order valence-electron chi connectivity index (χ0n) is 15.2. The SMILES string of the molecule is CCNC(=NCc1ccccn1)NCC(C(C)C)N1CCCC1.I. The first-order chi connectivity index (χ1) is 11.2. The molecule has 0 aliphatic carbocycles. The molecule has 136 valence electrons. The lowest BCUT2D eigenvalue weighted by Gasteiger charge is -2.31. The number of guanidine groups is 1. The standard InChI is InChI=1S/C18H31N5.HI/c1-4-19-18(21-13-16-9-5-6-10-20-16)22-14-17(15(2)3)23-11-7-8-12-23;/h5-6,9-10,15,17H,4,7-8,11-14H2,1-3H3,(H2,19,21,22);1H. The number of pyridine rings is 1. The van der Waals surface area contributed by atoms with Crippen molar-refractivity contribution in [2.75, 3.05) is 26.2 Å². The van der Waals surface area contributed by atoms with Crippen LogP contribution < -0.4 is 10.6 Å². The molecule has 1 saturated heterocycles. The van der Waals surface area contributed by atoms with Crippen molar-refractivity contribution in [1.82, 2.24) is 20.5 Å². The molecule has 2 heterocycles. The van der Waals surface area contributed by atoms with Crippen molar-refractivity contribution in [3.8, 4) is 0 Å². The van der Waals surface area contributed by atoms with Gasteiger partial charge < -0.3 is 10.6 Å². The van der Waals surface area contributed by atoms with Gasteiger partial charge in [0.2, 0.25) is 0 Å². The number of hydrogen-bond donors (Lipinski definition) is 2. The smallest absolute Gasteiger partial charge is 0.191 e. The van der Waals surface area contributed by atoms with E-state index in [0.29, 0.717) is 18.5 Å². The zero-order chi connectivity index (χ0) is 16.5. The second-order valence-electron chi connectivity index (χ2n) is 6.45. The Kier molecular flexibility index (Phi) is 10.2. The van der Waals surface area contributed by atoms with Crippen LogP contribution in [0.2, 0.25) is 0 Å². The monoisotopic (exact) mass is 445 g/mol. The minimum absolute atomic E-state index is 0. The quantitative estimate of drug-likeness (QED) is 0.385. The third-order valence-electron chi connectivity index (χ3n) is 4.33. The molecular formula is C18H32IN5. The highest BCUT2D eigenvalue weighted by molar-refractivity contribution is 14.0. The third-order valence-corrected chi connectivity index (χ3v) is 4.33. The number of aromatic nitrogens is 1. The molecule has 6 heteroatoms. The summed E-state index contributed by atoms with van der Waals surface area (Å²) in [6, 6.07) is 6.50. The highest BCUT2D eigenvalue weighted by atomic mass is 127. The van der Waals surface area contributed by atoms with Gasteiger partial charge in [0.1, 0.15) is 0 Å². The Balaban J connectivity index is 0.00000288. The van der Waals surface area contributed by atoms with Gasteiger partial charge in [0.15, 0.2) is 5.96 Å². The summed E-state index contributed by atoms with van der Waals surface area (Å²) >= 11 is 0. The van der Waals surface area contributed by atoms with E-state index in [1.807, 2.05) is 24.4 Å². The van der Waals surface area contributed by atoms with Crippen LogP contribution in [-0.4, -0.2) is 48.1 Å². The number of nitrogens with one attached hydrogen (secondary N) is 2. The minimum Gasteiger partial charge on any atom is -0.357 e. The second-order valence-corrected chi connectivity index (χ2v) is 6.45. The van der Waals surface area contributed by atoms with Crippen LogP contribution in [0.3, 0.4) is 0 Å². The first-order valence-corrected chi connectivity index (χ1v) is 8.87. The Bertz CT molecular complexity index is 472. The lowest BCUT2D eigenvalue weighted by atomic mass is 10.0. The van der Waals surface area contributed by atoms with Crippen LogP contribution in [0.4, 0.5) is 0 Å². The van der Waals surface area contributed by atoms with Gasteiger partial charge in [-0.1, -0.05) is 19.9 Å².